The van der Waals surface area contributed by atoms with Crippen LogP contribution in [0.2, 0.25) is 0 Å². The second kappa shape index (κ2) is 10.9. The minimum absolute atomic E-state index is 1.07. The van der Waals surface area contributed by atoms with Crippen molar-refractivity contribution in [3.63, 3.8) is 0 Å². The molecule has 0 saturated heterocycles. The fourth-order valence-corrected chi connectivity index (χ4v) is 4.59. The van der Waals surface area contributed by atoms with Gasteiger partial charge in [-0.3, -0.25) is 0 Å². The molecular formula is C33H34N2. The number of benzene rings is 4. The Morgan fingerprint density at radius 1 is 0.714 bits per heavy atom. The summed E-state index contributed by atoms with van der Waals surface area (Å²) in [6, 6.07) is 34.4. The topological polar surface area (TPSA) is 17.0 Å². The van der Waals surface area contributed by atoms with Gasteiger partial charge in [0.15, 0.2) is 0 Å². The molecule has 2 heteroatoms. The van der Waals surface area contributed by atoms with Crippen molar-refractivity contribution in [1.82, 2.24) is 4.57 Å². The summed E-state index contributed by atoms with van der Waals surface area (Å²) in [7, 11) is 0. The van der Waals surface area contributed by atoms with E-state index in [0.29, 0.717) is 0 Å². The van der Waals surface area contributed by atoms with Crippen molar-refractivity contribution in [2.45, 2.75) is 34.6 Å². The molecule has 0 bridgehead atoms. The molecule has 1 aromatic heterocycles. The normalized spacial score (nSPS) is 11.9. The fraction of sp³-hybridized carbons (Fsp3) is 0.152. The quantitative estimate of drug-likeness (QED) is 0.259. The molecule has 2 nitrogen and oxygen atoms in total. The maximum Gasteiger partial charge on any atom is 0.0541 e. The van der Waals surface area contributed by atoms with Crippen LogP contribution in [-0.4, -0.2) is 4.57 Å². The Bertz CT molecular complexity index is 1460. The first-order valence-corrected chi connectivity index (χ1v) is 12.4. The van der Waals surface area contributed by atoms with Crippen molar-refractivity contribution in [2.24, 2.45) is 0 Å². The summed E-state index contributed by atoms with van der Waals surface area (Å²) in [6.45, 7) is 10.4. The van der Waals surface area contributed by atoms with Crippen molar-refractivity contribution in [3.8, 4) is 5.69 Å². The summed E-state index contributed by atoms with van der Waals surface area (Å²) in [5.74, 6) is 0. The molecule has 0 aliphatic carbocycles. The van der Waals surface area contributed by atoms with Crippen molar-refractivity contribution >= 4 is 38.8 Å². The van der Waals surface area contributed by atoms with Crippen molar-refractivity contribution in [2.75, 3.05) is 5.32 Å². The minimum Gasteiger partial charge on any atom is -0.355 e. The van der Waals surface area contributed by atoms with E-state index in [4.69, 9.17) is 0 Å². The van der Waals surface area contributed by atoms with Crippen LogP contribution in [0.25, 0.3) is 33.1 Å². The molecule has 0 saturated carbocycles. The summed E-state index contributed by atoms with van der Waals surface area (Å²) in [6.07, 6.45) is 4.25. The first kappa shape index (κ1) is 24.1. The number of nitrogens with zero attached hydrogens (tertiary/aromatic N) is 1. The Kier molecular flexibility index (Phi) is 7.52. The van der Waals surface area contributed by atoms with E-state index in [2.05, 4.69) is 140 Å². The lowest BCUT2D eigenvalue weighted by atomic mass is 10.00. The molecule has 0 aliphatic heterocycles. The molecule has 176 valence electrons. The fourth-order valence-electron chi connectivity index (χ4n) is 4.59. The molecule has 35 heavy (non-hydrogen) atoms. The molecule has 0 fully saturated rings. The summed E-state index contributed by atoms with van der Waals surface area (Å²) in [5, 5.41) is 6.23. The highest BCUT2D eigenvalue weighted by Gasteiger charge is 2.12. The summed E-state index contributed by atoms with van der Waals surface area (Å²) in [4.78, 5) is 0. The number of hydrogen-bond donors (Lipinski definition) is 1. The SMILES string of the molecule is C/C=C\C(C)=C(/C)c1ccccc1Nc1cccc(-n2c3ccccc3c3ccccc32)c1.CC. The lowest BCUT2D eigenvalue weighted by Crippen LogP contribution is -1.98. The van der Waals surface area contributed by atoms with E-state index in [1.165, 1.54) is 38.5 Å². The molecule has 0 amide bonds. The highest BCUT2D eigenvalue weighted by Crippen LogP contribution is 2.34. The average molecular weight is 459 g/mol. The zero-order chi connectivity index (χ0) is 24.8. The van der Waals surface area contributed by atoms with Crippen LogP contribution in [-0.2, 0) is 0 Å². The molecule has 1 N–H and O–H groups in total. The highest BCUT2D eigenvalue weighted by atomic mass is 15.0. The molecule has 0 unspecified atom stereocenters. The Hall–Kier alpha value is -4.04. The number of aromatic nitrogens is 1. The lowest BCUT2D eigenvalue weighted by molar-refractivity contribution is 1.18. The monoisotopic (exact) mass is 458 g/mol. The van der Waals surface area contributed by atoms with Gasteiger partial charge in [0.2, 0.25) is 0 Å². The van der Waals surface area contributed by atoms with E-state index < -0.39 is 0 Å². The van der Waals surface area contributed by atoms with Gasteiger partial charge < -0.3 is 9.88 Å². The molecule has 5 aromatic rings. The van der Waals surface area contributed by atoms with E-state index in [9.17, 15) is 0 Å². The predicted octanol–water partition coefficient (Wildman–Crippen LogP) is 9.92. The van der Waals surface area contributed by atoms with Gasteiger partial charge in [0.25, 0.3) is 0 Å². The summed E-state index contributed by atoms with van der Waals surface area (Å²) in [5.41, 5.74) is 9.52. The van der Waals surface area contributed by atoms with Gasteiger partial charge in [-0.15, -0.1) is 0 Å². The van der Waals surface area contributed by atoms with Crippen LogP contribution in [0.5, 0.6) is 0 Å². The van der Waals surface area contributed by atoms with E-state index in [1.54, 1.807) is 0 Å². The number of allylic oxidation sites excluding steroid dienone is 4. The molecule has 1 heterocycles. The predicted molar refractivity (Wildman–Crippen MR) is 155 cm³/mol. The van der Waals surface area contributed by atoms with Crippen LogP contribution in [0.1, 0.15) is 40.2 Å². The maximum atomic E-state index is 3.68. The van der Waals surface area contributed by atoms with Crippen molar-refractivity contribution < 1.29 is 0 Å². The molecule has 0 radical (unpaired) electrons. The smallest absolute Gasteiger partial charge is 0.0541 e. The number of nitrogens with one attached hydrogen (secondary N) is 1. The zero-order valence-corrected chi connectivity index (χ0v) is 21.3. The average Bonchev–Trinajstić information content (AvgIpc) is 3.25. The molecule has 0 atom stereocenters. The van der Waals surface area contributed by atoms with Crippen LogP contribution < -0.4 is 5.32 Å². The Morgan fingerprint density at radius 3 is 1.97 bits per heavy atom. The van der Waals surface area contributed by atoms with Gasteiger partial charge in [0.05, 0.1) is 11.0 Å². The third-order valence-electron chi connectivity index (χ3n) is 6.30. The van der Waals surface area contributed by atoms with Crippen LogP contribution in [0.15, 0.2) is 115 Å². The summed E-state index contributed by atoms with van der Waals surface area (Å²) >= 11 is 0. The van der Waals surface area contributed by atoms with Gasteiger partial charge in [-0.25, -0.2) is 0 Å². The van der Waals surface area contributed by atoms with E-state index in [0.717, 1.165) is 17.1 Å². The van der Waals surface area contributed by atoms with Crippen LogP contribution in [0.3, 0.4) is 0 Å². The lowest BCUT2D eigenvalue weighted by Gasteiger charge is -2.15. The van der Waals surface area contributed by atoms with Crippen molar-refractivity contribution in [3.05, 3.63) is 120 Å². The van der Waals surface area contributed by atoms with Gasteiger partial charge in [-0.1, -0.05) is 86.7 Å². The number of hydrogen-bond acceptors (Lipinski definition) is 1. The first-order valence-electron chi connectivity index (χ1n) is 12.4. The summed E-state index contributed by atoms with van der Waals surface area (Å²) < 4.78 is 2.35. The number of rotatable bonds is 5. The van der Waals surface area contributed by atoms with Crippen LogP contribution in [0.4, 0.5) is 11.4 Å². The molecule has 0 spiro atoms. The van der Waals surface area contributed by atoms with Gasteiger partial charge in [0, 0.05) is 33.4 Å². The second-order valence-electron chi connectivity index (χ2n) is 8.40. The third kappa shape index (κ3) is 4.79. The molecule has 4 aromatic carbocycles. The minimum atomic E-state index is 1.07. The van der Waals surface area contributed by atoms with E-state index >= 15 is 0 Å². The van der Waals surface area contributed by atoms with Crippen LogP contribution >= 0.6 is 0 Å². The standard InChI is InChI=1S/C31H28N2.C2H6/c1-4-12-22(2)23(3)26-15-5-8-18-29(26)32-24-13-11-14-25(21-24)33-30-19-9-6-16-27(30)28-17-7-10-20-31(28)33;1-2/h4-21,32H,1-3H3;1-2H3/b12-4-,23-22+;. The highest BCUT2D eigenvalue weighted by molar-refractivity contribution is 6.09. The molecule has 5 rings (SSSR count). The second-order valence-corrected chi connectivity index (χ2v) is 8.40. The first-order chi connectivity index (χ1) is 17.2. The van der Waals surface area contributed by atoms with Gasteiger partial charge >= 0.3 is 0 Å². The zero-order valence-electron chi connectivity index (χ0n) is 21.3. The van der Waals surface area contributed by atoms with E-state index in [1.807, 2.05) is 13.8 Å². The van der Waals surface area contributed by atoms with Crippen LogP contribution in [0, 0.1) is 0 Å². The number of para-hydroxylation sites is 3. The Morgan fingerprint density at radius 2 is 1.31 bits per heavy atom. The maximum absolute atomic E-state index is 3.68. The molecular weight excluding hydrogens is 424 g/mol. The van der Waals surface area contributed by atoms with Gasteiger partial charge in [-0.05, 0) is 68.3 Å². The van der Waals surface area contributed by atoms with Gasteiger partial charge in [0.1, 0.15) is 0 Å². The van der Waals surface area contributed by atoms with Gasteiger partial charge in [-0.2, -0.15) is 0 Å². The Labute approximate surface area is 209 Å². The molecule has 0 aliphatic rings. The Balaban J connectivity index is 0.00000141. The van der Waals surface area contributed by atoms with E-state index in [-0.39, 0.29) is 0 Å². The largest absolute Gasteiger partial charge is 0.355 e. The van der Waals surface area contributed by atoms with Crippen molar-refractivity contribution in [1.29, 1.82) is 0 Å². The number of fused-ring (bicyclic) bond motifs is 3. The third-order valence-corrected chi connectivity index (χ3v) is 6.30. The number of anilines is 2.